The molecule has 0 fully saturated rings. The van der Waals surface area contributed by atoms with Crippen molar-refractivity contribution in [2.24, 2.45) is 5.92 Å². The fraction of sp³-hybridized carbons (Fsp3) is 0.414. The second-order valence-corrected chi connectivity index (χ2v) is 9.60. The van der Waals surface area contributed by atoms with E-state index in [2.05, 4.69) is 36.2 Å². The molecule has 1 heterocycles. The van der Waals surface area contributed by atoms with E-state index in [-0.39, 0.29) is 29.7 Å². The van der Waals surface area contributed by atoms with E-state index in [0.29, 0.717) is 62.9 Å². The van der Waals surface area contributed by atoms with Crippen LogP contribution in [0.1, 0.15) is 30.6 Å². The number of carbonyl (C=O) groups excluding carboxylic acids is 1. The van der Waals surface area contributed by atoms with Crippen molar-refractivity contribution in [3.63, 3.8) is 0 Å². The Morgan fingerprint density at radius 1 is 0.857 bits per heavy atom. The summed E-state index contributed by atoms with van der Waals surface area (Å²) in [6.07, 6.45) is 0.401. The van der Waals surface area contributed by atoms with Gasteiger partial charge in [-0.1, -0.05) is 38.1 Å². The van der Waals surface area contributed by atoms with E-state index in [9.17, 15) is 14.7 Å². The topological polar surface area (TPSA) is 169 Å². The molecule has 226 valence electrons. The van der Waals surface area contributed by atoms with E-state index < -0.39 is 12.0 Å². The van der Waals surface area contributed by atoms with E-state index in [0.717, 1.165) is 0 Å². The SMILES string of the molecule is COc1cccc(Nc2nc(NCCOCCOCCNC(=O)c3ccccc3)nc(N[C@@H](CC(C)C)C(=O)O)n2)c1. The summed E-state index contributed by atoms with van der Waals surface area (Å²) in [5, 5.41) is 21.6. The summed E-state index contributed by atoms with van der Waals surface area (Å²) in [4.78, 5) is 36.9. The van der Waals surface area contributed by atoms with Gasteiger partial charge >= 0.3 is 5.97 Å². The van der Waals surface area contributed by atoms with Crippen LogP contribution in [0.15, 0.2) is 54.6 Å². The third kappa shape index (κ3) is 11.6. The van der Waals surface area contributed by atoms with E-state index in [4.69, 9.17) is 14.2 Å². The zero-order chi connectivity index (χ0) is 30.2. The molecule has 13 heteroatoms. The average Bonchev–Trinajstić information content (AvgIpc) is 2.98. The third-order valence-electron chi connectivity index (χ3n) is 5.74. The Hall–Kier alpha value is -4.49. The van der Waals surface area contributed by atoms with Crippen molar-refractivity contribution in [3.8, 4) is 5.75 Å². The largest absolute Gasteiger partial charge is 0.497 e. The molecule has 3 rings (SSSR count). The molecule has 0 saturated heterocycles. The van der Waals surface area contributed by atoms with Crippen molar-refractivity contribution in [1.29, 1.82) is 0 Å². The van der Waals surface area contributed by atoms with Gasteiger partial charge in [0.1, 0.15) is 11.8 Å². The predicted molar refractivity (Wildman–Crippen MR) is 160 cm³/mol. The first kappa shape index (κ1) is 32.0. The molecule has 0 saturated carbocycles. The first-order valence-corrected chi connectivity index (χ1v) is 13.7. The van der Waals surface area contributed by atoms with Gasteiger partial charge in [-0.3, -0.25) is 4.79 Å². The molecule has 2 aromatic carbocycles. The Kier molecular flexibility index (Phi) is 13.2. The highest BCUT2D eigenvalue weighted by Crippen LogP contribution is 2.21. The zero-order valence-corrected chi connectivity index (χ0v) is 24.1. The van der Waals surface area contributed by atoms with Gasteiger partial charge in [0, 0.05) is 30.4 Å². The van der Waals surface area contributed by atoms with Crippen molar-refractivity contribution in [2.75, 3.05) is 62.6 Å². The molecular formula is C29H39N7O6. The maximum absolute atomic E-state index is 12.0. The molecule has 0 aliphatic carbocycles. The van der Waals surface area contributed by atoms with E-state index in [1.807, 2.05) is 50.2 Å². The number of methoxy groups -OCH3 is 1. The molecule has 0 unspecified atom stereocenters. The molecule has 0 bridgehead atoms. The van der Waals surface area contributed by atoms with Crippen LogP contribution < -0.4 is 26.0 Å². The summed E-state index contributed by atoms with van der Waals surface area (Å²) >= 11 is 0. The highest BCUT2D eigenvalue weighted by Gasteiger charge is 2.21. The van der Waals surface area contributed by atoms with Crippen molar-refractivity contribution in [3.05, 3.63) is 60.2 Å². The second kappa shape index (κ2) is 17.4. The van der Waals surface area contributed by atoms with Gasteiger partial charge in [-0.2, -0.15) is 15.0 Å². The van der Waals surface area contributed by atoms with Gasteiger partial charge in [-0.05, 0) is 36.6 Å². The van der Waals surface area contributed by atoms with Crippen LogP contribution in [0, 0.1) is 5.92 Å². The minimum Gasteiger partial charge on any atom is -0.497 e. The number of hydrogen-bond acceptors (Lipinski definition) is 11. The van der Waals surface area contributed by atoms with Crippen LogP contribution >= 0.6 is 0 Å². The third-order valence-corrected chi connectivity index (χ3v) is 5.74. The van der Waals surface area contributed by atoms with Gasteiger partial charge in [-0.25, -0.2) is 4.79 Å². The number of carbonyl (C=O) groups is 2. The normalized spacial score (nSPS) is 11.5. The van der Waals surface area contributed by atoms with Gasteiger partial charge < -0.3 is 40.6 Å². The van der Waals surface area contributed by atoms with Crippen LogP contribution in [0.25, 0.3) is 0 Å². The summed E-state index contributed by atoms with van der Waals surface area (Å²) in [6, 6.07) is 15.4. The van der Waals surface area contributed by atoms with Gasteiger partial charge in [0.15, 0.2) is 0 Å². The lowest BCUT2D eigenvalue weighted by Crippen LogP contribution is -2.31. The van der Waals surface area contributed by atoms with Gasteiger partial charge in [0.25, 0.3) is 5.91 Å². The summed E-state index contributed by atoms with van der Waals surface area (Å²) in [6.45, 7) is 6.16. The van der Waals surface area contributed by atoms with Crippen LogP contribution in [-0.4, -0.2) is 84.6 Å². The summed E-state index contributed by atoms with van der Waals surface area (Å²) in [5.41, 5.74) is 1.30. The number of ether oxygens (including phenoxy) is 3. The molecule has 5 N–H and O–H groups in total. The number of benzene rings is 2. The number of nitrogens with zero attached hydrogens (tertiary/aromatic N) is 3. The number of carboxylic acids is 1. The van der Waals surface area contributed by atoms with E-state index in [1.165, 1.54) is 0 Å². The van der Waals surface area contributed by atoms with Crippen LogP contribution in [0.2, 0.25) is 0 Å². The molecule has 42 heavy (non-hydrogen) atoms. The molecule has 1 aromatic heterocycles. The predicted octanol–water partition coefficient (Wildman–Crippen LogP) is 3.41. The maximum Gasteiger partial charge on any atom is 0.326 e. The van der Waals surface area contributed by atoms with Crippen molar-refractivity contribution < 1.29 is 28.9 Å². The molecule has 1 atom stereocenters. The molecule has 0 aliphatic heterocycles. The summed E-state index contributed by atoms with van der Waals surface area (Å²) in [7, 11) is 1.58. The molecule has 0 aliphatic rings. The van der Waals surface area contributed by atoms with E-state index in [1.54, 1.807) is 25.3 Å². The Bertz CT molecular complexity index is 1260. The highest BCUT2D eigenvalue weighted by atomic mass is 16.5. The zero-order valence-electron chi connectivity index (χ0n) is 24.1. The van der Waals surface area contributed by atoms with Gasteiger partial charge in [0.05, 0.1) is 33.5 Å². The van der Waals surface area contributed by atoms with Crippen LogP contribution in [0.5, 0.6) is 5.75 Å². The minimum atomic E-state index is -0.991. The highest BCUT2D eigenvalue weighted by molar-refractivity contribution is 5.94. The van der Waals surface area contributed by atoms with E-state index >= 15 is 0 Å². The lowest BCUT2D eigenvalue weighted by molar-refractivity contribution is -0.138. The summed E-state index contributed by atoms with van der Waals surface area (Å²) < 4.78 is 16.4. The lowest BCUT2D eigenvalue weighted by Gasteiger charge is -2.17. The first-order chi connectivity index (χ1) is 20.3. The maximum atomic E-state index is 12.0. The second-order valence-electron chi connectivity index (χ2n) is 9.60. The fourth-order valence-electron chi connectivity index (χ4n) is 3.74. The number of aliphatic carboxylic acids is 1. The van der Waals surface area contributed by atoms with Crippen molar-refractivity contribution in [2.45, 2.75) is 26.3 Å². The molecule has 13 nitrogen and oxygen atoms in total. The number of nitrogens with one attached hydrogen (secondary N) is 4. The Morgan fingerprint density at radius 2 is 1.55 bits per heavy atom. The number of hydrogen-bond donors (Lipinski definition) is 5. The molecular weight excluding hydrogens is 542 g/mol. The minimum absolute atomic E-state index is 0.125. The fourth-order valence-corrected chi connectivity index (χ4v) is 3.74. The van der Waals surface area contributed by atoms with Gasteiger partial charge in [0.2, 0.25) is 17.8 Å². The molecule has 0 spiro atoms. The number of anilines is 4. The van der Waals surface area contributed by atoms with Crippen LogP contribution in [-0.2, 0) is 14.3 Å². The van der Waals surface area contributed by atoms with Crippen molar-refractivity contribution >= 4 is 35.4 Å². The van der Waals surface area contributed by atoms with Crippen LogP contribution in [0.4, 0.5) is 23.5 Å². The Balaban J connectivity index is 1.47. The number of rotatable bonds is 19. The average molecular weight is 582 g/mol. The molecule has 3 aromatic rings. The lowest BCUT2D eigenvalue weighted by atomic mass is 10.0. The molecule has 1 amide bonds. The van der Waals surface area contributed by atoms with Crippen LogP contribution in [0.3, 0.4) is 0 Å². The van der Waals surface area contributed by atoms with Gasteiger partial charge in [-0.15, -0.1) is 0 Å². The monoisotopic (exact) mass is 581 g/mol. The standard InChI is InChI=1S/C29H39N7O6/c1-20(2)18-24(26(38)39)33-29-35-27(34-28(36-29)32-22-10-7-11-23(19-22)40-3)31-13-15-42-17-16-41-14-12-30-25(37)21-8-5-4-6-9-21/h4-11,19-20,24H,12-18H2,1-3H3,(H,30,37)(H,38,39)(H3,31,32,33,34,35,36)/t24-/m0/s1. The summed E-state index contributed by atoms with van der Waals surface area (Å²) in [5.74, 6) is 0.285. The number of carboxylic acid groups (broad SMARTS) is 1. The first-order valence-electron chi connectivity index (χ1n) is 13.7. The molecule has 0 radical (unpaired) electrons. The quantitative estimate of drug-likeness (QED) is 0.131. The van der Waals surface area contributed by atoms with Crippen molar-refractivity contribution in [1.82, 2.24) is 20.3 Å². The number of amides is 1. The Labute approximate surface area is 245 Å². The number of aromatic nitrogens is 3. The smallest absolute Gasteiger partial charge is 0.326 e. The Morgan fingerprint density at radius 3 is 2.24 bits per heavy atom.